The molecule has 0 amide bonds. The largest absolute Gasteiger partial charge is 0.366 e. The Kier molecular flexibility index (Phi) is 5.62. The average Bonchev–Trinajstić information content (AvgIpc) is 2.89. The first-order chi connectivity index (χ1) is 11.7. The summed E-state index contributed by atoms with van der Waals surface area (Å²) < 4.78 is 0. The molecule has 2 aromatic rings. The summed E-state index contributed by atoms with van der Waals surface area (Å²) in [4.78, 5) is 15.9. The van der Waals surface area contributed by atoms with Gasteiger partial charge in [-0.2, -0.15) is 0 Å². The summed E-state index contributed by atoms with van der Waals surface area (Å²) in [6.07, 6.45) is 8.05. The van der Waals surface area contributed by atoms with Gasteiger partial charge in [-0.15, -0.1) is 0 Å². The Balaban J connectivity index is 1.67. The third-order valence-electron chi connectivity index (χ3n) is 4.47. The van der Waals surface area contributed by atoms with Gasteiger partial charge in [0.05, 0.1) is 0 Å². The summed E-state index contributed by atoms with van der Waals surface area (Å²) in [5.74, 6) is 2.81. The SMILES string of the molecule is CCc1cc(NCc2ccnc(N3CCCCCC3)c2)nc(C)n1. The van der Waals surface area contributed by atoms with Crippen LogP contribution in [0.3, 0.4) is 0 Å². The summed E-state index contributed by atoms with van der Waals surface area (Å²) >= 11 is 0. The van der Waals surface area contributed by atoms with E-state index in [9.17, 15) is 0 Å². The first-order valence-corrected chi connectivity index (χ1v) is 9.03. The molecule has 5 heteroatoms. The van der Waals surface area contributed by atoms with Crippen molar-refractivity contribution in [1.82, 2.24) is 15.0 Å². The minimum absolute atomic E-state index is 0.753. The van der Waals surface area contributed by atoms with Gasteiger partial charge in [-0.1, -0.05) is 19.8 Å². The van der Waals surface area contributed by atoms with Crippen LogP contribution in [0.2, 0.25) is 0 Å². The van der Waals surface area contributed by atoms with Crippen molar-refractivity contribution in [2.24, 2.45) is 0 Å². The van der Waals surface area contributed by atoms with Crippen molar-refractivity contribution in [3.8, 4) is 0 Å². The van der Waals surface area contributed by atoms with E-state index in [4.69, 9.17) is 0 Å². The fraction of sp³-hybridized carbons (Fsp3) is 0.526. The molecule has 2 aromatic heterocycles. The Morgan fingerprint density at radius 1 is 1.08 bits per heavy atom. The number of aryl methyl sites for hydroxylation is 2. The Labute approximate surface area is 144 Å². The number of rotatable bonds is 5. The highest BCUT2D eigenvalue weighted by molar-refractivity contribution is 5.43. The van der Waals surface area contributed by atoms with Gasteiger partial charge in [0.2, 0.25) is 0 Å². The highest BCUT2D eigenvalue weighted by Crippen LogP contribution is 2.19. The van der Waals surface area contributed by atoms with Crippen molar-refractivity contribution >= 4 is 11.6 Å². The zero-order valence-electron chi connectivity index (χ0n) is 14.8. The normalized spacial score (nSPS) is 15.2. The minimum atomic E-state index is 0.753. The van der Waals surface area contributed by atoms with Crippen molar-refractivity contribution in [2.45, 2.75) is 52.5 Å². The predicted octanol–water partition coefficient (Wildman–Crippen LogP) is 3.73. The second kappa shape index (κ2) is 8.08. The highest BCUT2D eigenvalue weighted by Gasteiger charge is 2.11. The Morgan fingerprint density at radius 2 is 1.88 bits per heavy atom. The Hall–Kier alpha value is -2.17. The van der Waals surface area contributed by atoms with E-state index in [1.165, 1.54) is 31.2 Å². The van der Waals surface area contributed by atoms with Gasteiger partial charge in [0.25, 0.3) is 0 Å². The van der Waals surface area contributed by atoms with E-state index in [0.29, 0.717) is 0 Å². The number of nitrogens with zero attached hydrogens (tertiary/aromatic N) is 4. The molecule has 1 saturated heterocycles. The maximum absolute atomic E-state index is 4.57. The second-order valence-electron chi connectivity index (χ2n) is 6.42. The first kappa shape index (κ1) is 16.7. The fourth-order valence-corrected chi connectivity index (χ4v) is 3.14. The van der Waals surface area contributed by atoms with E-state index in [2.05, 4.69) is 44.2 Å². The summed E-state index contributed by atoms with van der Waals surface area (Å²) in [6.45, 7) is 7.04. The zero-order valence-corrected chi connectivity index (χ0v) is 14.8. The van der Waals surface area contributed by atoms with E-state index in [1.807, 2.05) is 19.2 Å². The maximum atomic E-state index is 4.57. The van der Waals surface area contributed by atoms with Crippen LogP contribution in [0, 0.1) is 6.92 Å². The number of nitrogens with one attached hydrogen (secondary N) is 1. The molecule has 128 valence electrons. The fourth-order valence-electron chi connectivity index (χ4n) is 3.14. The van der Waals surface area contributed by atoms with Gasteiger partial charge in [0.1, 0.15) is 17.5 Å². The molecule has 0 atom stereocenters. The number of aromatic nitrogens is 3. The summed E-state index contributed by atoms with van der Waals surface area (Å²) in [6, 6.07) is 6.31. The molecule has 0 aromatic carbocycles. The first-order valence-electron chi connectivity index (χ1n) is 9.03. The lowest BCUT2D eigenvalue weighted by Gasteiger charge is -2.21. The van der Waals surface area contributed by atoms with Crippen molar-refractivity contribution in [1.29, 1.82) is 0 Å². The highest BCUT2D eigenvalue weighted by atomic mass is 15.2. The Bertz CT molecular complexity index is 663. The van der Waals surface area contributed by atoms with E-state index in [-0.39, 0.29) is 0 Å². The molecule has 1 fully saturated rings. The van der Waals surface area contributed by atoms with E-state index in [0.717, 1.165) is 49.2 Å². The molecule has 0 aliphatic carbocycles. The van der Waals surface area contributed by atoms with Crippen molar-refractivity contribution in [3.63, 3.8) is 0 Å². The molecule has 1 N–H and O–H groups in total. The van der Waals surface area contributed by atoms with Crippen LogP contribution in [0.25, 0.3) is 0 Å². The lowest BCUT2D eigenvalue weighted by molar-refractivity contribution is 0.726. The van der Waals surface area contributed by atoms with Gasteiger partial charge in [0, 0.05) is 37.6 Å². The minimum Gasteiger partial charge on any atom is -0.366 e. The van der Waals surface area contributed by atoms with Crippen LogP contribution >= 0.6 is 0 Å². The molecule has 0 spiro atoms. The molecule has 0 unspecified atom stereocenters. The summed E-state index contributed by atoms with van der Waals surface area (Å²) in [5, 5.41) is 3.42. The maximum Gasteiger partial charge on any atom is 0.130 e. The summed E-state index contributed by atoms with van der Waals surface area (Å²) in [7, 11) is 0. The lowest BCUT2D eigenvalue weighted by atomic mass is 10.2. The van der Waals surface area contributed by atoms with Crippen LogP contribution in [0.1, 0.15) is 49.7 Å². The number of hydrogen-bond donors (Lipinski definition) is 1. The molecule has 5 nitrogen and oxygen atoms in total. The van der Waals surface area contributed by atoms with Crippen LogP contribution < -0.4 is 10.2 Å². The zero-order chi connectivity index (χ0) is 16.8. The van der Waals surface area contributed by atoms with E-state index in [1.54, 1.807) is 0 Å². The number of hydrogen-bond acceptors (Lipinski definition) is 5. The van der Waals surface area contributed by atoms with Crippen molar-refractivity contribution < 1.29 is 0 Å². The van der Waals surface area contributed by atoms with E-state index >= 15 is 0 Å². The molecular weight excluding hydrogens is 298 g/mol. The molecule has 0 bridgehead atoms. The third-order valence-corrected chi connectivity index (χ3v) is 4.47. The smallest absolute Gasteiger partial charge is 0.130 e. The predicted molar refractivity (Wildman–Crippen MR) is 98.4 cm³/mol. The molecule has 3 heterocycles. The third kappa shape index (κ3) is 4.43. The molecule has 24 heavy (non-hydrogen) atoms. The van der Waals surface area contributed by atoms with Gasteiger partial charge in [-0.05, 0) is 43.9 Å². The molecule has 1 aliphatic heterocycles. The van der Waals surface area contributed by atoms with Gasteiger partial charge in [-0.25, -0.2) is 15.0 Å². The van der Waals surface area contributed by atoms with Crippen LogP contribution in [-0.4, -0.2) is 28.0 Å². The Morgan fingerprint density at radius 3 is 2.62 bits per heavy atom. The van der Waals surface area contributed by atoms with Crippen LogP contribution in [-0.2, 0) is 13.0 Å². The van der Waals surface area contributed by atoms with Crippen LogP contribution in [0.5, 0.6) is 0 Å². The van der Waals surface area contributed by atoms with Crippen LogP contribution in [0.4, 0.5) is 11.6 Å². The molecule has 3 rings (SSSR count). The number of anilines is 2. The molecular formula is C19H27N5. The molecule has 0 saturated carbocycles. The van der Waals surface area contributed by atoms with Crippen LogP contribution in [0.15, 0.2) is 24.4 Å². The second-order valence-corrected chi connectivity index (χ2v) is 6.42. The van der Waals surface area contributed by atoms with E-state index < -0.39 is 0 Å². The van der Waals surface area contributed by atoms with Crippen molar-refractivity contribution in [3.05, 3.63) is 41.5 Å². The molecule has 0 radical (unpaired) electrons. The summed E-state index contributed by atoms with van der Waals surface area (Å²) in [5.41, 5.74) is 2.31. The topological polar surface area (TPSA) is 53.9 Å². The van der Waals surface area contributed by atoms with Gasteiger partial charge in [0.15, 0.2) is 0 Å². The quantitative estimate of drug-likeness (QED) is 0.907. The standard InChI is InChI=1S/C19H27N5/c1-3-17-13-18(23-15(2)22-17)21-14-16-8-9-20-19(12-16)24-10-6-4-5-7-11-24/h8-9,12-13H,3-7,10-11,14H2,1-2H3,(H,21,22,23). The van der Waals surface area contributed by atoms with Gasteiger partial charge >= 0.3 is 0 Å². The molecule has 1 aliphatic rings. The van der Waals surface area contributed by atoms with Gasteiger partial charge in [-0.3, -0.25) is 0 Å². The van der Waals surface area contributed by atoms with Crippen molar-refractivity contribution in [2.75, 3.05) is 23.3 Å². The monoisotopic (exact) mass is 325 g/mol. The number of pyridine rings is 1. The van der Waals surface area contributed by atoms with Gasteiger partial charge < -0.3 is 10.2 Å². The average molecular weight is 325 g/mol. The lowest BCUT2D eigenvalue weighted by Crippen LogP contribution is -2.25.